The van der Waals surface area contributed by atoms with Crippen molar-refractivity contribution in [3.05, 3.63) is 45.9 Å². The van der Waals surface area contributed by atoms with E-state index in [2.05, 4.69) is 27.1 Å². The minimum absolute atomic E-state index is 0.138. The third-order valence-corrected chi connectivity index (χ3v) is 5.10. The first-order chi connectivity index (χ1) is 12.4. The van der Waals surface area contributed by atoms with Gasteiger partial charge in [0.2, 0.25) is 0 Å². The highest BCUT2D eigenvalue weighted by Gasteiger charge is 2.26. The van der Waals surface area contributed by atoms with Gasteiger partial charge in [0.05, 0.1) is 12.2 Å². The molecule has 26 heavy (non-hydrogen) atoms. The van der Waals surface area contributed by atoms with E-state index < -0.39 is 0 Å². The van der Waals surface area contributed by atoms with Crippen LogP contribution in [0.5, 0.6) is 0 Å². The van der Waals surface area contributed by atoms with Crippen molar-refractivity contribution in [1.82, 2.24) is 14.9 Å². The van der Waals surface area contributed by atoms with Gasteiger partial charge in [0, 0.05) is 42.8 Å². The predicted octanol–water partition coefficient (Wildman–Crippen LogP) is 3.79. The topological polar surface area (TPSA) is 61.4 Å². The van der Waals surface area contributed by atoms with E-state index in [1.54, 1.807) is 11.0 Å². The third-order valence-electron chi connectivity index (χ3n) is 4.70. The lowest BCUT2D eigenvalue weighted by Crippen LogP contribution is -2.40. The molecule has 0 unspecified atom stereocenters. The van der Waals surface area contributed by atoms with Crippen molar-refractivity contribution in [2.75, 3.05) is 30.4 Å². The SMILES string of the molecule is CCN(C)c1nc(C)nc2c1CN(C(=O)Nc1ccc(C)c(Cl)c1)CC2. The Morgan fingerprint density at radius 3 is 2.81 bits per heavy atom. The number of nitrogens with zero attached hydrogens (tertiary/aromatic N) is 4. The number of benzene rings is 1. The zero-order valence-corrected chi connectivity index (χ0v) is 16.4. The normalized spacial score (nSPS) is 13.3. The highest BCUT2D eigenvalue weighted by molar-refractivity contribution is 6.31. The molecule has 0 bridgehead atoms. The number of rotatable bonds is 3. The summed E-state index contributed by atoms with van der Waals surface area (Å²) in [5.74, 6) is 1.68. The quantitative estimate of drug-likeness (QED) is 0.889. The number of carbonyl (C=O) groups is 1. The first-order valence-electron chi connectivity index (χ1n) is 8.78. The predicted molar refractivity (Wildman–Crippen MR) is 105 cm³/mol. The van der Waals surface area contributed by atoms with Crippen molar-refractivity contribution in [2.24, 2.45) is 0 Å². The Hall–Kier alpha value is -2.34. The number of amides is 2. The third kappa shape index (κ3) is 3.75. The van der Waals surface area contributed by atoms with Crippen molar-refractivity contribution in [2.45, 2.75) is 33.7 Å². The van der Waals surface area contributed by atoms with Crippen molar-refractivity contribution in [3.63, 3.8) is 0 Å². The summed E-state index contributed by atoms with van der Waals surface area (Å²) in [5.41, 5.74) is 3.75. The Bertz CT molecular complexity index is 839. The number of nitrogens with one attached hydrogen (secondary N) is 1. The van der Waals surface area contributed by atoms with E-state index in [-0.39, 0.29) is 6.03 Å². The lowest BCUT2D eigenvalue weighted by atomic mass is 10.1. The molecule has 3 rings (SSSR count). The largest absolute Gasteiger partial charge is 0.360 e. The van der Waals surface area contributed by atoms with Gasteiger partial charge in [0.25, 0.3) is 0 Å². The lowest BCUT2D eigenvalue weighted by molar-refractivity contribution is 0.206. The molecule has 0 radical (unpaired) electrons. The molecule has 0 saturated carbocycles. The molecule has 138 valence electrons. The molecule has 0 aliphatic carbocycles. The summed E-state index contributed by atoms with van der Waals surface area (Å²) in [7, 11) is 2.01. The molecule has 0 atom stereocenters. The van der Waals surface area contributed by atoms with Gasteiger partial charge in [0.15, 0.2) is 0 Å². The van der Waals surface area contributed by atoms with Crippen LogP contribution in [-0.4, -0.2) is 41.0 Å². The van der Waals surface area contributed by atoms with Gasteiger partial charge in [-0.05, 0) is 38.5 Å². The molecule has 2 heterocycles. The van der Waals surface area contributed by atoms with E-state index in [0.717, 1.165) is 41.4 Å². The summed E-state index contributed by atoms with van der Waals surface area (Å²) < 4.78 is 0. The number of anilines is 2. The number of fused-ring (bicyclic) bond motifs is 1. The minimum atomic E-state index is -0.138. The molecule has 0 spiro atoms. The fourth-order valence-electron chi connectivity index (χ4n) is 3.03. The van der Waals surface area contributed by atoms with Crippen molar-refractivity contribution >= 4 is 29.1 Å². The van der Waals surface area contributed by atoms with Gasteiger partial charge < -0.3 is 15.1 Å². The molecule has 1 aliphatic rings. The molecule has 6 nitrogen and oxygen atoms in total. The van der Waals surface area contributed by atoms with Crippen LogP contribution in [0.15, 0.2) is 18.2 Å². The average Bonchev–Trinajstić information content (AvgIpc) is 2.63. The molecule has 2 amide bonds. The highest BCUT2D eigenvalue weighted by Crippen LogP contribution is 2.27. The van der Waals surface area contributed by atoms with Gasteiger partial charge in [-0.3, -0.25) is 0 Å². The average molecular weight is 374 g/mol. The zero-order chi connectivity index (χ0) is 18.8. The number of urea groups is 1. The Balaban J connectivity index is 1.80. The van der Waals surface area contributed by atoms with Gasteiger partial charge in [-0.25, -0.2) is 14.8 Å². The number of aromatic nitrogens is 2. The standard InChI is InChI=1S/C19H24ClN5O/c1-5-24(4)18-15-11-25(9-8-17(15)21-13(3)22-18)19(26)23-14-7-6-12(2)16(20)10-14/h6-7,10H,5,8-9,11H2,1-4H3,(H,23,26). The van der Waals surface area contributed by atoms with Crippen LogP contribution in [-0.2, 0) is 13.0 Å². The second-order valence-corrected chi connectivity index (χ2v) is 7.01. The number of hydrogen-bond acceptors (Lipinski definition) is 4. The number of hydrogen-bond donors (Lipinski definition) is 1. The van der Waals surface area contributed by atoms with Crippen LogP contribution in [0, 0.1) is 13.8 Å². The molecule has 0 fully saturated rings. The van der Waals surface area contributed by atoms with E-state index >= 15 is 0 Å². The molecule has 2 aromatic rings. The molecule has 1 aromatic carbocycles. The van der Waals surface area contributed by atoms with E-state index in [4.69, 9.17) is 11.6 Å². The Labute approximate surface area is 159 Å². The minimum Gasteiger partial charge on any atom is -0.360 e. The fourth-order valence-corrected chi connectivity index (χ4v) is 3.21. The van der Waals surface area contributed by atoms with Gasteiger partial charge >= 0.3 is 6.03 Å². The molecule has 1 N–H and O–H groups in total. The van der Waals surface area contributed by atoms with Crippen LogP contribution in [0.2, 0.25) is 5.02 Å². The summed E-state index contributed by atoms with van der Waals surface area (Å²) in [4.78, 5) is 25.8. The number of aryl methyl sites for hydroxylation is 2. The lowest BCUT2D eigenvalue weighted by Gasteiger charge is -2.31. The second kappa shape index (κ2) is 7.50. The maximum Gasteiger partial charge on any atom is 0.322 e. The molecule has 0 saturated heterocycles. The molecular weight excluding hydrogens is 350 g/mol. The fraction of sp³-hybridized carbons (Fsp3) is 0.421. The van der Waals surface area contributed by atoms with Crippen LogP contribution < -0.4 is 10.2 Å². The Kier molecular flexibility index (Phi) is 5.32. The van der Waals surface area contributed by atoms with Crippen LogP contribution in [0.4, 0.5) is 16.3 Å². The highest BCUT2D eigenvalue weighted by atomic mass is 35.5. The molecular formula is C19H24ClN5O. The smallest absolute Gasteiger partial charge is 0.322 e. The van der Waals surface area contributed by atoms with Crippen molar-refractivity contribution < 1.29 is 4.79 Å². The van der Waals surface area contributed by atoms with Crippen LogP contribution >= 0.6 is 11.6 Å². The van der Waals surface area contributed by atoms with E-state index in [9.17, 15) is 4.79 Å². The van der Waals surface area contributed by atoms with E-state index in [1.165, 1.54) is 0 Å². The summed E-state index contributed by atoms with van der Waals surface area (Å²) >= 11 is 6.15. The van der Waals surface area contributed by atoms with Gasteiger partial charge in [-0.2, -0.15) is 0 Å². The van der Waals surface area contributed by atoms with Gasteiger partial charge in [0.1, 0.15) is 11.6 Å². The van der Waals surface area contributed by atoms with E-state index in [1.807, 2.05) is 33.0 Å². The van der Waals surface area contributed by atoms with Crippen LogP contribution in [0.25, 0.3) is 0 Å². The van der Waals surface area contributed by atoms with E-state index in [0.29, 0.717) is 23.8 Å². The first-order valence-corrected chi connectivity index (χ1v) is 9.16. The maximum atomic E-state index is 12.7. The summed E-state index contributed by atoms with van der Waals surface area (Å²) in [6.07, 6.45) is 0.728. The summed E-state index contributed by atoms with van der Waals surface area (Å²) in [5, 5.41) is 3.57. The van der Waals surface area contributed by atoms with Crippen LogP contribution in [0.1, 0.15) is 29.6 Å². The van der Waals surface area contributed by atoms with Crippen LogP contribution in [0.3, 0.4) is 0 Å². The zero-order valence-electron chi connectivity index (χ0n) is 15.6. The second-order valence-electron chi connectivity index (χ2n) is 6.60. The molecule has 1 aromatic heterocycles. The van der Waals surface area contributed by atoms with Gasteiger partial charge in [-0.1, -0.05) is 17.7 Å². The Morgan fingerprint density at radius 1 is 1.35 bits per heavy atom. The van der Waals surface area contributed by atoms with Gasteiger partial charge in [-0.15, -0.1) is 0 Å². The number of carbonyl (C=O) groups excluding carboxylic acids is 1. The van der Waals surface area contributed by atoms with Crippen molar-refractivity contribution in [3.8, 4) is 0 Å². The first kappa shape index (κ1) is 18.5. The number of halogens is 1. The summed E-state index contributed by atoms with van der Waals surface area (Å²) in [6.45, 7) is 7.90. The maximum absolute atomic E-state index is 12.7. The molecule has 7 heteroatoms. The Morgan fingerprint density at radius 2 is 2.12 bits per heavy atom. The summed E-state index contributed by atoms with van der Waals surface area (Å²) in [6, 6.07) is 5.39. The molecule has 1 aliphatic heterocycles. The monoisotopic (exact) mass is 373 g/mol. The van der Waals surface area contributed by atoms with Crippen molar-refractivity contribution in [1.29, 1.82) is 0 Å².